The van der Waals surface area contributed by atoms with Crippen LogP contribution in [0.5, 0.6) is 0 Å². The summed E-state index contributed by atoms with van der Waals surface area (Å²) in [5, 5.41) is 0. The summed E-state index contributed by atoms with van der Waals surface area (Å²) in [6.07, 6.45) is 15.8. The van der Waals surface area contributed by atoms with E-state index in [1.54, 1.807) is 0 Å². The molecular formula is C14H27N. The van der Waals surface area contributed by atoms with E-state index >= 15 is 0 Å². The largest absolute Gasteiger partial charge is 0.327 e. The van der Waals surface area contributed by atoms with Crippen molar-refractivity contribution in [3.8, 4) is 0 Å². The Balaban J connectivity index is 1.72. The third-order valence-electron chi connectivity index (χ3n) is 4.59. The third-order valence-corrected chi connectivity index (χ3v) is 4.59. The van der Waals surface area contributed by atoms with Crippen LogP contribution < -0.4 is 5.73 Å². The highest BCUT2D eigenvalue weighted by atomic mass is 14.7. The third kappa shape index (κ3) is 3.48. The van der Waals surface area contributed by atoms with Gasteiger partial charge in [-0.25, -0.2) is 0 Å². The molecule has 0 radical (unpaired) electrons. The fourth-order valence-electron chi connectivity index (χ4n) is 3.56. The maximum absolute atomic E-state index is 6.38. The molecule has 0 aliphatic heterocycles. The molecule has 0 aromatic heterocycles. The molecule has 15 heavy (non-hydrogen) atoms. The molecule has 0 bridgehead atoms. The van der Waals surface area contributed by atoms with Crippen LogP contribution in [-0.2, 0) is 0 Å². The zero-order valence-electron chi connectivity index (χ0n) is 10.1. The minimum absolute atomic E-state index is 0.522. The Morgan fingerprint density at radius 1 is 0.800 bits per heavy atom. The molecule has 2 aliphatic rings. The minimum atomic E-state index is 0.522. The van der Waals surface area contributed by atoms with Gasteiger partial charge in [0.25, 0.3) is 0 Å². The highest BCUT2D eigenvalue weighted by Gasteiger charge is 2.24. The van der Waals surface area contributed by atoms with Crippen molar-refractivity contribution in [1.29, 1.82) is 0 Å². The van der Waals surface area contributed by atoms with Crippen molar-refractivity contribution >= 4 is 0 Å². The minimum Gasteiger partial charge on any atom is -0.327 e. The second-order valence-electron chi connectivity index (χ2n) is 5.80. The van der Waals surface area contributed by atoms with Gasteiger partial charge in [0.05, 0.1) is 0 Å². The van der Waals surface area contributed by atoms with Crippen LogP contribution in [0, 0.1) is 11.8 Å². The Hall–Kier alpha value is -0.0400. The fraction of sp³-hybridized carbons (Fsp3) is 1.00. The molecule has 0 heterocycles. The molecule has 0 spiro atoms. The predicted octanol–water partition coefficient (Wildman–Crippen LogP) is 3.86. The van der Waals surface area contributed by atoms with E-state index in [4.69, 9.17) is 5.73 Å². The fourth-order valence-corrected chi connectivity index (χ4v) is 3.56. The van der Waals surface area contributed by atoms with E-state index in [1.807, 2.05) is 0 Å². The number of rotatable bonds is 3. The van der Waals surface area contributed by atoms with Gasteiger partial charge in [-0.2, -0.15) is 0 Å². The topological polar surface area (TPSA) is 26.0 Å². The average Bonchev–Trinajstić information content (AvgIpc) is 2.31. The van der Waals surface area contributed by atoms with Gasteiger partial charge >= 0.3 is 0 Å². The van der Waals surface area contributed by atoms with E-state index < -0.39 is 0 Å². The first-order valence-electron chi connectivity index (χ1n) is 7.12. The molecule has 2 saturated carbocycles. The van der Waals surface area contributed by atoms with Crippen molar-refractivity contribution in [1.82, 2.24) is 0 Å². The molecule has 0 saturated heterocycles. The van der Waals surface area contributed by atoms with Gasteiger partial charge in [-0.15, -0.1) is 0 Å². The summed E-state index contributed by atoms with van der Waals surface area (Å²) in [5.74, 6) is 1.83. The Kier molecular flexibility index (Phi) is 4.49. The van der Waals surface area contributed by atoms with Crippen LogP contribution in [0.25, 0.3) is 0 Å². The van der Waals surface area contributed by atoms with Gasteiger partial charge in [0.2, 0.25) is 0 Å². The van der Waals surface area contributed by atoms with Crippen LogP contribution in [0.4, 0.5) is 0 Å². The highest BCUT2D eigenvalue weighted by molar-refractivity contribution is 4.80. The lowest BCUT2D eigenvalue weighted by Gasteiger charge is -2.31. The summed E-state index contributed by atoms with van der Waals surface area (Å²) in [6.45, 7) is 0. The van der Waals surface area contributed by atoms with Crippen LogP contribution in [0.2, 0.25) is 0 Å². The predicted molar refractivity (Wildman–Crippen MR) is 65.7 cm³/mol. The van der Waals surface area contributed by atoms with E-state index in [0.717, 1.165) is 11.8 Å². The zero-order chi connectivity index (χ0) is 10.5. The number of hydrogen-bond donors (Lipinski definition) is 1. The van der Waals surface area contributed by atoms with Crippen molar-refractivity contribution < 1.29 is 0 Å². The van der Waals surface area contributed by atoms with E-state index in [1.165, 1.54) is 70.6 Å². The van der Waals surface area contributed by atoms with E-state index in [-0.39, 0.29) is 0 Å². The SMILES string of the molecule is N[C@H](CC1CCCCC1)C1CCCCC1. The molecule has 2 fully saturated rings. The summed E-state index contributed by atoms with van der Waals surface area (Å²) >= 11 is 0. The smallest absolute Gasteiger partial charge is 0.00697 e. The monoisotopic (exact) mass is 209 g/mol. The van der Waals surface area contributed by atoms with Crippen molar-refractivity contribution in [2.24, 2.45) is 17.6 Å². The van der Waals surface area contributed by atoms with Gasteiger partial charge < -0.3 is 5.73 Å². The Labute approximate surface area is 94.8 Å². The molecule has 1 atom stereocenters. The van der Waals surface area contributed by atoms with Crippen molar-refractivity contribution in [2.75, 3.05) is 0 Å². The van der Waals surface area contributed by atoms with E-state index in [0.29, 0.717) is 6.04 Å². The summed E-state index contributed by atoms with van der Waals surface area (Å²) in [6, 6.07) is 0.522. The second kappa shape index (κ2) is 5.89. The van der Waals surface area contributed by atoms with E-state index in [9.17, 15) is 0 Å². The summed E-state index contributed by atoms with van der Waals surface area (Å²) < 4.78 is 0. The first-order chi connectivity index (χ1) is 7.36. The van der Waals surface area contributed by atoms with Crippen molar-refractivity contribution in [3.63, 3.8) is 0 Å². The molecule has 2 N–H and O–H groups in total. The Morgan fingerprint density at radius 2 is 1.33 bits per heavy atom. The average molecular weight is 209 g/mol. The quantitative estimate of drug-likeness (QED) is 0.750. The molecule has 0 amide bonds. The highest BCUT2D eigenvalue weighted by Crippen LogP contribution is 2.32. The summed E-state index contributed by atoms with van der Waals surface area (Å²) in [4.78, 5) is 0. The molecule has 0 aromatic rings. The number of hydrogen-bond acceptors (Lipinski definition) is 1. The first kappa shape index (κ1) is 11.4. The summed E-state index contributed by atoms with van der Waals surface area (Å²) in [7, 11) is 0. The van der Waals surface area contributed by atoms with Gasteiger partial charge in [0.1, 0.15) is 0 Å². The van der Waals surface area contributed by atoms with Gasteiger partial charge in [-0.05, 0) is 31.1 Å². The van der Waals surface area contributed by atoms with Gasteiger partial charge in [0, 0.05) is 6.04 Å². The zero-order valence-corrected chi connectivity index (χ0v) is 10.1. The van der Waals surface area contributed by atoms with Gasteiger partial charge in [0.15, 0.2) is 0 Å². The van der Waals surface area contributed by atoms with E-state index in [2.05, 4.69) is 0 Å². The van der Waals surface area contributed by atoms with Gasteiger partial charge in [-0.3, -0.25) is 0 Å². The lowest BCUT2D eigenvalue weighted by molar-refractivity contribution is 0.241. The Bertz CT molecular complexity index is 166. The molecular weight excluding hydrogens is 182 g/mol. The van der Waals surface area contributed by atoms with Crippen LogP contribution in [-0.4, -0.2) is 6.04 Å². The molecule has 1 heteroatoms. The molecule has 1 nitrogen and oxygen atoms in total. The lowest BCUT2D eigenvalue weighted by Crippen LogP contribution is -2.34. The van der Waals surface area contributed by atoms with Crippen LogP contribution in [0.3, 0.4) is 0 Å². The normalized spacial score (nSPS) is 27.8. The van der Waals surface area contributed by atoms with Crippen LogP contribution in [0.15, 0.2) is 0 Å². The maximum atomic E-state index is 6.38. The summed E-state index contributed by atoms with van der Waals surface area (Å²) in [5.41, 5.74) is 6.38. The Morgan fingerprint density at radius 3 is 1.93 bits per heavy atom. The first-order valence-corrected chi connectivity index (χ1v) is 7.12. The van der Waals surface area contributed by atoms with Crippen molar-refractivity contribution in [3.05, 3.63) is 0 Å². The van der Waals surface area contributed by atoms with Crippen LogP contribution >= 0.6 is 0 Å². The standard InChI is InChI=1S/C14H27N/c15-14(13-9-5-2-6-10-13)11-12-7-3-1-4-8-12/h12-14H,1-11,15H2/t14-/m1/s1. The molecule has 2 aliphatic carbocycles. The van der Waals surface area contributed by atoms with Crippen LogP contribution in [0.1, 0.15) is 70.6 Å². The maximum Gasteiger partial charge on any atom is 0.00697 e. The molecule has 88 valence electrons. The molecule has 0 unspecified atom stereocenters. The second-order valence-corrected chi connectivity index (χ2v) is 5.80. The van der Waals surface area contributed by atoms with Crippen molar-refractivity contribution in [2.45, 2.75) is 76.7 Å². The number of nitrogens with two attached hydrogens (primary N) is 1. The molecule has 2 rings (SSSR count). The van der Waals surface area contributed by atoms with Gasteiger partial charge in [-0.1, -0.05) is 51.4 Å². The molecule has 0 aromatic carbocycles. The lowest BCUT2D eigenvalue weighted by atomic mass is 9.77.